The van der Waals surface area contributed by atoms with Crippen LogP contribution in [0.2, 0.25) is 0 Å². The molecule has 0 saturated carbocycles. The van der Waals surface area contributed by atoms with Gasteiger partial charge in [0.15, 0.2) is 34.9 Å². The van der Waals surface area contributed by atoms with Gasteiger partial charge in [0.1, 0.15) is 0 Å². The molecule has 7 nitrogen and oxygen atoms in total. The molecule has 0 aliphatic carbocycles. The molecule has 0 atom stereocenters. The molecule has 0 spiro atoms. The van der Waals surface area contributed by atoms with E-state index in [9.17, 15) is 0 Å². The number of para-hydroxylation sites is 2. The minimum atomic E-state index is -0.640. The first-order valence-corrected chi connectivity index (χ1v) is 17.3. The first kappa shape index (κ1) is 23.1. The summed E-state index contributed by atoms with van der Waals surface area (Å²) < 4.78 is 88.2. The first-order valence-electron chi connectivity index (χ1n) is 22.3. The van der Waals surface area contributed by atoms with E-state index in [4.69, 9.17) is 38.6 Å². The number of nitrogens with zero attached hydrogens (tertiary/aromatic N) is 7. The Morgan fingerprint density at radius 3 is 1.24 bits per heavy atom. The molecule has 0 aliphatic rings. The van der Waals surface area contributed by atoms with Gasteiger partial charge in [0.2, 0.25) is 0 Å². The maximum Gasteiger partial charge on any atom is 0.166 e. The number of rotatable bonds is 7. The van der Waals surface area contributed by atoms with Gasteiger partial charge in [-0.2, -0.15) is 0 Å². The summed E-state index contributed by atoms with van der Waals surface area (Å²) in [6, 6.07) is 33.9. The lowest BCUT2D eigenvalue weighted by Crippen LogP contribution is -2.05. The maximum absolute atomic E-state index is 8.91. The quantitative estimate of drug-likeness (QED) is 0.163. The van der Waals surface area contributed by atoms with Gasteiger partial charge in [-0.05, 0) is 30.3 Å². The van der Waals surface area contributed by atoms with Gasteiger partial charge >= 0.3 is 0 Å². The zero-order valence-corrected chi connectivity index (χ0v) is 28.8. The van der Waals surface area contributed by atoms with Gasteiger partial charge in [0, 0.05) is 44.2 Å². The van der Waals surface area contributed by atoms with Crippen molar-refractivity contribution in [3.8, 4) is 74.0 Å². The van der Waals surface area contributed by atoms with Crippen LogP contribution in [0, 0.1) is 0 Å². The van der Waals surface area contributed by atoms with Crippen molar-refractivity contribution < 1.29 is 13.7 Å². The van der Waals surface area contributed by atoms with Crippen LogP contribution in [0.1, 0.15) is 13.7 Å². The van der Waals surface area contributed by atoms with Crippen LogP contribution in [-0.2, 0) is 0 Å². The minimum Gasteiger partial charge on any atom is -0.309 e. The summed E-state index contributed by atoms with van der Waals surface area (Å²) in [7, 11) is 0. The fourth-order valence-electron chi connectivity index (χ4n) is 6.61. The van der Waals surface area contributed by atoms with Gasteiger partial charge in [-0.15, -0.1) is 0 Å². The Bertz CT molecular complexity index is 3310. The number of fused-ring (bicyclic) bond motifs is 3. The average molecular weight is 716 g/mol. The molecule has 10 rings (SSSR count). The predicted molar refractivity (Wildman–Crippen MR) is 220 cm³/mol. The minimum absolute atomic E-state index is 0.108. The molecule has 0 radical (unpaired) electrons. The van der Waals surface area contributed by atoms with Crippen molar-refractivity contribution in [3.05, 3.63) is 188 Å². The van der Waals surface area contributed by atoms with Gasteiger partial charge in [-0.1, -0.05) is 157 Å². The van der Waals surface area contributed by atoms with E-state index in [1.165, 1.54) is 0 Å². The largest absolute Gasteiger partial charge is 0.309 e. The molecule has 0 N–H and O–H groups in total. The van der Waals surface area contributed by atoms with Gasteiger partial charge in [-0.25, -0.2) is 29.9 Å². The molecular formula is C48H31N7. The molecule has 55 heavy (non-hydrogen) atoms. The van der Waals surface area contributed by atoms with E-state index in [2.05, 4.69) is 4.98 Å². The van der Waals surface area contributed by atoms with Gasteiger partial charge in [0.25, 0.3) is 0 Å². The van der Waals surface area contributed by atoms with Crippen LogP contribution in [0.25, 0.3) is 95.8 Å². The number of hydrogen-bond acceptors (Lipinski definition) is 6. The van der Waals surface area contributed by atoms with Crippen LogP contribution in [0.15, 0.2) is 188 Å². The monoisotopic (exact) mass is 715 g/mol. The summed E-state index contributed by atoms with van der Waals surface area (Å²) >= 11 is 0. The maximum atomic E-state index is 8.91. The molecule has 258 valence electrons. The van der Waals surface area contributed by atoms with Crippen molar-refractivity contribution in [2.75, 3.05) is 0 Å². The predicted octanol–water partition coefficient (Wildman–Crippen LogP) is 11.2. The van der Waals surface area contributed by atoms with Crippen molar-refractivity contribution >= 4 is 21.8 Å². The lowest BCUT2D eigenvalue weighted by Gasteiger charge is -2.16. The summed E-state index contributed by atoms with van der Waals surface area (Å²) in [5.74, 6) is 0.237. The molecule has 0 saturated heterocycles. The summed E-state index contributed by atoms with van der Waals surface area (Å²) in [6.45, 7) is 0. The molecule has 0 unspecified atom stereocenters. The summed E-state index contributed by atoms with van der Waals surface area (Å²) in [6.07, 6.45) is 0. The summed E-state index contributed by atoms with van der Waals surface area (Å²) in [4.78, 5) is 29.0. The molecule has 0 amide bonds. The number of benzene rings is 7. The zero-order valence-electron chi connectivity index (χ0n) is 38.8. The Hall–Kier alpha value is -7.64. The Morgan fingerprint density at radius 1 is 0.345 bits per heavy atom. The Balaban J connectivity index is 1.33. The van der Waals surface area contributed by atoms with Crippen LogP contribution in [0.5, 0.6) is 0 Å². The molecule has 3 aromatic heterocycles. The van der Waals surface area contributed by atoms with Crippen molar-refractivity contribution in [3.63, 3.8) is 0 Å². The second kappa shape index (κ2) is 13.7. The van der Waals surface area contributed by atoms with Crippen molar-refractivity contribution in [2.24, 2.45) is 0 Å². The third-order valence-corrected chi connectivity index (χ3v) is 9.10. The third kappa shape index (κ3) is 5.99. The van der Waals surface area contributed by atoms with Crippen molar-refractivity contribution in [1.82, 2.24) is 34.5 Å². The summed E-state index contributed by atoms with van der Waals surface area (Å²) in [5.41, 5.74) is 3.76. The van der Waals surface area contributed by atoms with Crippen molar-refractivity contribution in [2.45, 2.75) is 0 Å². The highest BCUT2D eigenvalue weighted by Gasteiger charge is 2.21. The van der Waals surface area contributed by atoms with Crippen LogP contribution < -0.4 is 0 Å². The fraction of sp³-hybridized carbons (Fsp3) is 0. The van der Waals surface area contributed by atoms with E-state index in [1.54, 1.807) is 6.07 Å². The number of hydrogen-bond donors (Lipinski definition) is 0. The highest BCUT2D eigenvalue weighted by molar-refractivity contribution is 6.09. The Labute approximate surface area is 331 Å². The second-order valence-corrected chi connectivity index (χ2v) is 12.4. The smallest absolute Gasteiger partial charge is 0.166 e. The molecular weight excluding hydrogens is 675 g/mol. The Morgan fingerprint density at radius 2 is 0.745 bits per heavy atom. The SMILES string of the molecule is [2H]c1c([2H])c([2H])c(-c2nc(-c3cc(-c4nc(-c5ccccc5)nc(-c5ccccc5)n4)ccc3-n3c4ccccc4c4ccccc43)nc(-c3c([2H])c([2H])c([2H])c([2H])c3[2H])n2)c([2H])c1[2H]. The van der Waals surface area contributed by atoms with E-state index < -0.39 is 60.4 Å². The lowest BCUT2D eigenvalue weighted by atomic mass is 10.1. The molecule has 0 fully saturated rings. The molecule has 3 heterocycles. The first-order chi connectivity index (χ1) is 31.4. The van der Waals surface area contributed by atoms with Crippen molar-refractivity contribution in [1.29, 1.82) is 0 Å². The topological polar surface area (TPSA) is 82.3 Å². The highest BCUT2D eigenvalue weighted by Crippen LogP contribution is 2.38. The van der Waals surface area contributed by atoms with Gasteiger partial charge < -0.3 is 4.57 Å². The van der Waals surface area contributed by atoms with Gasteiger partial charge in [-0.3, -0.25) is 0 Å². The fourth-order valence-corrected chi connectivity index (χ4v) is 6.61. The lowest BCUT2D eigenvalue weighted by molar-refractivity contribution is 1.06. The standard InChI is InChI=1S/C48H31N7/c1-5-17-32(18-6-1)43-49-44(33-19-7-2-8-20-33)52-47(51-43)36-29-30-42(55-40-27-15-13-25-37(40)38-26-14-16-28-41(38)55)39(31-36)48-53-45(34-21-9-3-10-22-34)50-46(54-48)35-23-11-4-12-24-35/h1-31H/i3D,4D,9D,10D,11D,12D,21D,22D,23D,24D. The van der Waals surface area contributed by atoms with E-state index in [1.807, 2.05) is 126 Å². The average Bonchev–Trinajstić information content (AvgIpc) is 3.68. The zero-order chi connectivity index (χ0) is 45.3. The third-order valence-electron chi connectivity index (χ3n) is 9.10. The van der Waals surface area contributed by atoms with E-state index >= 15 is 0 Å². The van der Waals surface area contributed by atoms with Crippen LogP contribution >= 0.6 is 0 Å². The van der Waals surface area contributed by atoms with Gasteiger partial charge in [0.05, 0.1) is 30.4 Å². The number of aromatic nitrogens is 7. The normalized spacial score (nSPS) is 13.8. The van der Waals surface area contributed by atoms with E-state index in [0.717, 1.165) is 32.9 Å². The van der Waals surface area contributed by atoms with Crippen LogP contribution in [0.3, 0.4) is 0 Å². The van der Waals surface area contributed by atoms with Crippen LogP contribution in [0.4, 0.5) is 0 Å². The highest BCUT2D eigenvalue weighted by atomic mass is 15.1. The molecule has 0 aliphatic heterocycles. The van der Waals surface area contributed by atoms with Crippen LogP contribution in [-0.4, -0.2) is 34.5 Å². The van der Waals surface area contributed by atoms with E-state index in [-0.39, 0.29) is 28.6 Å². The molecule has 0 bridgehead atoms. The molecule has 7 heteroatoms. The summed E-state index contributed by atoms with van der Waals surface area (Å²) in [5, 5.41) is 1.90. The van der Waals surface area contributed by atoms with E-state index in [0.29, 0.717) is 34.3 Å². The second-order valence-electron chi connectivity index (χ2n) is 12.4. The molecule has 7 aromatic carbocycles. The molecule has 10 aromatic rings. The Kier molecular flexibility index (Phi) is 5.77.